The summed E-state index contributed by atoms with van der Waals surface area (Å²) < 4.78 is 0. The Morgan fingerprint density at radius 2 is 2.00 bits per heavy atom. The Kier molecular flexibility index (Phi) is 6.77. The van der Waals surface area contributed by atoms with Crippen LogP contribution in [0.4, 0.5) is 5.69 Å². The molecule has 1 rings (SSSR count). The Morgan fingerprint density at radius 3 is 2.50 bits per heavy atom. The van der Waals surface area contributed by atoms with E-state index in [2.05, 4.69) is 25.2 Å². The number of hydrogen-bond donors (Lipinski definition) is 2. The van der Waals surface area contributed by atoms with Crippen LogP contribution in [-0.4, -0.2) is 11.9 Å². The van der Waals surface area contributed by atoms with Gasteiger partial charge >= 0.3 is 0 Å². The van der Waals surface area contributed by atoms with Crippen molar-refractivity contribution in [3.63, 3.8) is 0 Å². The summed E-state index contributed by atoms with van der Waals surface area (Å²) in [6, 6.07) is 5.73. The zero-order valence-corrected chi connectivity index (χ0v) is 12.3. The van der Waals surface area contributed by atoms with Crippen molar-refractivity contribution in [3.8, 4) is 0 Å². The largest absolute Gasteiger partial charge is 0.373 e. The summed E-state index contributed by atoms with van der Waals surface area (Å²) in [5.74, 6) is -0.0623. The molecule has 0 aromatic heterocycles. The SMILES string of the molecule is CCC(C)C(Nc1cccc(C)c1C)C(N)=O.Cl. The van der Waals surface area contributed by atoms with E-state index in [0.717, 1.165) is 12.1 Å². The van der Waals surface area contributed by atoms with Crippen LogP contribution in [0.2, 0.25) is 0 Å². The van der Waals surface area contributed by atoms with Crippen LogP contribution in [0.3, 0.4) is 0 Å². The maximum absolute atomic E-state index is 11.5. The fraction of sp³-hybridized carbons (Fsp3) is 0.500. The van der Waals surface area contributed by atoms with Gasteiger partial charge in [0, 0.05) is 5.69 Å². The highest BCUT2D eigenvalue weighted by Crippen LogP contribution is 2.21. The van der Waals surface area contributed by atoms with Gasteiger partial charge in [-0.1, -0.05) is 32.4 Å². The lowest BCUT2D eigenvalue weighted by Crippen LogP contribution is -2.40. The smallest absolute Gasteiger partial charge is 0.240 e. The van der Waals surface area contributed by atoms with Crippen LogP contribution in [0.25, 0.3) is 0 Å². The third-order valence-electron chi connectivity index (χ3n) is 3.44. The predicted octanol–water partition coefficient (Wildman–Crippen LogP) is 3.04. The second-order valence-electron chi connectivity index (χ2n) is 4.66. The molecule has 0 bridgehead atoms. The zero-order chi connectivity index (χ0) is 13.0. The molecule has 2 atom stereocenters. The minimum atomic E-state index is -0.305. The maximum Gasteiger partial charge on any atom is 0.240 e. The Balaban J connectivity index is 0.00000289. The molecule has 1 aromatic rings. The maximum atomic E-state index is 11.5. The summed E-state index contributed by atoms with van der Waals surface area (Å²) in [7, 11) is 0. The molecule has 3 nitrogen and oxygen atoms in total. The minimum absolute atomic E-state index is 0. The number of nitrogens with one attached hydrogen (secondary N) is 1. The van der Waals surface area contributed by atoms with E-state index in [9.17, 15) is 4.79 Å². The van der Waals surface area contributed by atoms with Crippen molar-refractivity contribution < 1.29 is 4.79 Å². The molecule has 0 aliphatic heterocycles. The van der Waals surface area contributed by atoms with Gasteiger partial charge in [-0.05, 0) is 37.0 Å². The fourth-order valence-corrected chi connectivity index (χ4v) is 1.80. The average molecular weight is 271 g/mol. The number of carbonyl (C=O) groups is 1. The third-order valence-corrected chi connectivity index (χ3v) is 3.44. The molecule has 4 heteroatoms. The van der Waals surface area contributed by atoms with Crippen LogP contribution in [0.1, 0.15) is 31.4 Å². The van der Waals surface area contributed by atoms with Gasteiger partial charge < -0.3 is 11.1 Å². The Hall–Kier alpha value is -1.22. The van der Waals surface area contributed by atoms with E-state index in [0.29, 0.717) is 0 Å². The van der Waals surface area contributed by atoms with Crippen molar-refractivity contribution in [3.05, 3.63) is 29.3 Å². The first kappa shape index (κ1) is 16.8. The van der Waals surface area contributed by atoms with Crippen molar-refractivity contribution in [1.82, 2.24) is 0 Å². The summed E-state index contributed by atoms with van der Waals surface area (Å²) in [6.07, 6.45) is 0.922. The van der Waals surface area contributed by atoms with Gasteiger partial charge in [-0.2, -0.15) is 0 Å². The Labute approximate surface area is 116 Å². The van der Waals surface area contributed by atoms with Gasteiger partial charge in [0.15, 0.2) is 0 Å². The monoisotopic (exact) mass is 270 g/mol. The summed E-state index contributed by atoms with van der Waals surface area (Å²) in [5.41, 5.74) is 8.82. The summed E-state index contributed by atoms with van der Waals surface area (Å²) in [4.78, 5) is 11.5. The molecule has 18 heavy (non-hydrogen) atoms. The van der Waals surface area contributed by atoms with Crippen LogP contribution in [0.5, 0.6) is 0 Å². The van der Waals surface area contributed by atoms with Gasteiger partial charge in [0.1, 0.15) is 6.04 Å². The molecule has 1 aromatic carbocycles. The normalized spacial score (nSPS) is 13.3. The van der Waals surface area contributed by atoms with E-state index in [1.54, 1.807) is 0 Å². The number of hydrogen-bond acceptors (Lipinski definition) is 2. The number of anilines is 1. The predicted molar refractivity (Wildman–Crippen MR) is 79.2 cm³/mol. The van der Waals surface area contributed by atoms with Crippen LogP contribution < -0.4 is 11.1 Å². The van der Waals surface area contributed by atoms with Gasteiger partial charge in [-0.25, -0.2) is 0 Å². The molecule has 0 aliphatic carbocycles. The fourth-order valence-electron chi connectivity index (χ4n) is 1.80. The number of rotatable bonds is 5. The highest BCUT2D eigenvalue weighted by atomic mass is 35.5. The van der Waals surface area contributed by atoms with E-state index in [1.165, 1.54) is 11.1 Å². The number of amides is 1. The summed E-state index contributed by atoms with van der Waals surface area (Å²) >= 11 is 0. The zero-order valence-electron chi connectivity index (χ0n) is 11.5. The van der Waals surface area contributed by atoms with Crippen molar-refractivity contribution in [2.45, 2.75) is 40.2 Å². The second kappa shape index (κ2) is 7.27. The molecule has 2 unspecified atom stereocenters. The quantitative estimate of drug-likeness (QED) is 0.864. The second-order valence-corrected chi connectivity index (χ2v) is 4.66. The molecular weight excluding hydrogens is 248 g/mol. The van der Waals surface area contributed by atoms with Crippen LogP contribution >= 0.6 is 12.4 Å². The first-order valence-electron chi connectivity index (χ1n) is 6.09. The van der Waals surface area contributed by atoms with Gasteiger partial charge in [0.05, 0.1) is 0 Å². The number of carbonyl (C=O) groups excluding carboxylic acids is 1. The molecule has 102 valence electrons. The summed E-state index contributed by atoms with van der Waals surface area (Å²) in [5, 5.41) is 3.26. The molecule has 0 saturated carbocycles. The van der Waals surface area contributed by atoms with Gasteiger partial charge in [-0.3, -0.25) is 4.79 Å². The molecule has 0 aliphatic rings. The molecule has 0 fully saturated rings. The Morgan fingerprint density at radius 1 is 1.39 bits per heavy atom. The highest BCUT2D eigenvalue weighted by Gasteiger charge is 2.21. The molecule has 3 N–H and O–H groups in total. The molecule has 1 amide bonds. The van der Waals surface area contributed by atoms with Crippen molar-refractivity contribution >= 4 is 24.0 Å². The number of nitrogens with two attached hydrogens (primary N) is 1. The average Bonchev–Trinajstić information content (AvgIpc) is 2.29. The number of primary amides is 1. The lowest BCUT2D eigenvalue weighted by atomic mass is 9.97. The van der Waals surface area contributed by atoms with Crippen molar-refractivity contribution in [1.29, 1.82) is 0 Å². The van der Waals surface area contributed by atoms with Crippen LogP contribution in [0, 0.1) is 19.8 Å². The van der Waals surface area contributed by atoms with E-state index in [-0.39, 0.29) is 30.3 Å². The van der Waals surface area contributed by atoms with Crippen molar-refractivity contribution in [2.75, 3.05) is 5.32 Å². The number of benzene rings is 1. The summed E-state index contributed by atoms with van der Waals surface area (Å²) in [6.45, 7) is 8.20. The lowest BCUT2D eigenvalue weighted by molar-refractivity contribution is -0.119. The molecule has 0 saturated heterocycles. The van der Waals surface area contributed by atoms with Crippen LogP contribution in [0.15, 0.2) is 18.2 Å². The third kappa shape index (κ3) is 3.91. The molecular formula is C14H23ClN2O. The first-order valence-corrected chi connectivity index (χ1v) is 6.09. The molecule has 0 radical (unpaired) electrons. The van der Waals surface area contributed by atoms with E-state index < -0.39 is 0 Å². The van der Waals surface area contributed by atoms with E-state index in [4.69, 9.17) is 5.73 Å². The van der Waals surface area contributed by atoms with E-state index >= 15 is 0 Å². The molecule has 0 spiro atoms. The topological polar surface area (TPSA) is 55.1 Å². The Bertz CT molecular complexity index is 407. The van der Waals surface area contributed by atoms with Gasteiger partial charge in [0.2, 0.25) is 5.91 Å². The van der Waals surface area contributed by atoms with E-state index in [1.807, 2.05) is 26.0 Å². The first-order chi connectivity index (χ1) is 7.97. The number of aryl methyl sites for hydroxylation is 1. The highest BCUT2D eigenvalue weighted by molar-refractivity contribution is 5.85. The van der Waals surface area contributed by atoms with Crippen molar-refractivity contribution in [2.24, 2.45) is 11.7 Å². The number of halogens is 1. The van der Waals surface area contributed by atoms with Gasteiger partial charge in [-0.15, -0.1) is 12.4 Å². The standard InChI is InChI=1S/C14H22N2O.ClH/c1-5-9(2)13(14(15)17)16-12-8-6-7-10(3)11(12)4;/h6-9,13,16H,5H2,1-4H3,(H2,15,17);1H. The lowest BCUT2D eigenvalue weighted by Gasteiger charge is -2.23. The van der Waals surface area contributed by atoms with Gasteiger partial charge in [0.25, 0.3) is 0 Å². The van der Waals surface area contributed by atoms with Crippen LogP contribution in [-0.2, 0) is 4.79 Å². The molecule has 0 heterocycles. The minimum Gasteiger partial charge on any atom is -0.373 e.